The number of hydrogen-bond acceptors (Lipinski definition) is 3. The van der Waals surface area contributed by atoms with Gasteiger partial charge in [0.1, 0.15) is 0 Å². The summed E-state index contributed by atoms with van der Waals surface area (Å²) in [5, 5.41) is 9.36. The number of para-hydroxylation sites is 1. The van der Waals surface area contributed by atoms with Crippen LogP contribution in [-0.2, 0) is 9.53 Å². The van der Waals surface area contributed by atoms with Gasteiger partial charge in [-0.3, -0.25) is 0 Å². The number of ether oxygens (including phenoxy) is 1. The van der Waals surface area contributed by atoms with Gasteiger partial charge in [0.05, 0.1) is 16.8 Å². The topological polar surface area (TPSA) is 49.8 Å². The highest BCUT2D eigenvalue weighted by atomic mass is 35.5. The lowest BCUT2D eigenvalue weighted by atomic mass is 10.1. The van der Waals surface area contributed by atoms with E-state index in [1.54, 1.807) is 12.1 Å². The van der Waals surface area contributed by atoms with Gasteiger partial charge in [0.15, 0.2) is 0 Å². The zero-order valence-electron chi connectivity index (χ0n) is 11.4. The Labute approximate surface area is 123 Å². The van der Waals surface area contributed by atoms with Crippen molar-refractivity contribution in [1.82, 2.24) is 0 Å². The van der Waals surface area contributed by atoms with E-state index in [4.69, 9.17) is 21.4 Å². The third-order valence-corrected chi connectivity index (χ3v) is 3.61. The fraction of sp³-hybridized carbons (Fsp3) is 0.400. The Morgan fingerprint density at radius 1 is 1.60 bits per heavy atom. The minimum atomic E-state index is -0.974. The Bertz CT molecular complexity index is 510. The molecule has 4 nitrogen and oxygen atoms in total. The number of halogens is 1. The molecule has 1 unspecified atom stereocenters. The van der Waals surface area contributed by atoms with Crippen molar-refractivity contribution in [3.63, 3.8) is 0 Å². The van der Waals surface area contributed by atoms with Crippen molar-refractivity contribution in [1.29, 1.82) is 0 Å². The third-order valence-electron chi connectivity index (χ3n) is 3.31. The molecule has 108 valence electrons. The Kier molecular flexibility index (Phi) is 5.04. The van der Waals surface area contributed by atoms with E-state index in [2.05, 4.69) is 0 Å². The molecule has 0 radical (unpaired) electrons. The molecule has 2 rings (SSSR count). The van der Waals surface area contributed by atoms with Gasteiger partial charge in [0.2, 0.25) is 0 Å². The Morgan fingerprint density at radius 3 is 3.05 bits per heavy atom. The first-order valence-corrected chi connectivity index (χ1v) is 6.98. The Hall–Kier alpha value is -1.52. The molecule has 0 saturated carbocycles. The molecule has 0 spiro atoms. The van der Waals surface area contributed by atoms with Crippen LogP contribution in [0.15, 0.2) is 24.3 Å². The van der Waals surface area contributed by atoms with Gasteiger partial charge in [-0.1, -0.05) is 23.7 Å². The molecule has 0 aromatic heterocycles. The Balaban J connectivity index is 2.21. The summed E-state index contributed by atoms with van der Waals surface area (Å²) in [6, 6.07) is 5.47. The predicted octanol–water partition coefficient (Wildman–Crippen LogP) is 3.05. The van der Waals surface area contributed by atoms with Gasteiger partial charge < -0.3 is 14.7 Å². The van der Waals surface area contributed by atoms with Crippen molar-refractivity contribution >= 4 is 29.3 Å². The van der Waals surface area contributed by atoms with Crippen molar-refractivity contribution in [2.75, 3.05) is 25.1 Å². The summed E-state index contributed by atoms with van der Waals surface area (Å²) in [5.74, 6) is -0.974. The van der Waals surface area contributed by atoms with Crippen LogP contribution in [0.4, 0.5) is 5.69 Å². The highest BCUT2D eigenvalue weighted by Crippen LogP contribution is 2.31. The van der Waals surface area contributed by atoms with Crippen molar-refractivity contribution in [3.05, 3.63) is 34.9 Å². The lowest BCUT2D eigenvalue weighted by molar-refractivity contribution is -0.131. The van der Waals surface area contributed by atoms with Gasteiger partial charge >= 0.3 is 5.97 Å². The van der Waals surface area contributed by atoms with Gasteiger partial charge in [0.25, 0.3) is 0 Å². The lowest BCUT2D eigenvalue weighted by Crippen LogP contribution is -2.29. The molecule has 1 aromatic carbocycles. The zero-order chi connectivity index (χ0) is 14.5. The van der Waals surface area contributed by atoms with Crippen molar-refractivity contribution in [2.45, 2.75) is 18.9 Å². The maximum atomic E-state index is 10.7. The predicted molar refractivity (Wildman–Crippen MR) is 80.4 cm³/mol. The van der Waals surface area contributed by atoms with E-state index < -0.39 is 5.97 Å². The van der Waals surface area contributed by atoms with Crippen molar-refractivity contribution in [2.24, 2.45) is 0 Å². The maximum Gasteiger partial charge on any atom is 0.328 e. The quantitative estimate of drug-likeness (QED) is 0.848. The number of benzene rings is 1. The maximum absolute atomic E-state index is 10.7. The molecular formula is C15H18ClNO3. The molecule has 1 N–H and O–H groups in total. The monoisotopic (exact) mass is 295 g/mol. The molecule has 0 bridgehead atoms. The first-order valence-electron chi connectivity index (χ1n) is 6.60. The number of carboxylic acid groups (broad SMARTS) is 1. The van der Waals surface area contributed by atoms with Crippen molar-refractivity contribution < 1.29 is 14.6 Å². The normalized spacial score (nSPS) is 18.6. The number of carbonyl (C=O) groups is 1. The van der Waals surface area contributed by atoms with Crippen LogP contribution in [0.2, 0.25) is 5.02 Å². The number of anilines is 1. The summed E-state index contributed by atoms with van der Waals surface area (Å²) in [6.45, 7) is 1.56. The van der Waals surface area contributed by atoms with Gasteiger partial charge in [-0.2, -0.15) is 0 Å². The first kappa shape index (κ1) is 14.9. The van der Waals surface area contributed by atoms with Gasteiger partial charge in [-0.25, -0.2) is 4.79 Å². The average molecular weight is 296 g/mol. The van der Waals surface area contributed by atoms with E-state index in [0.717, 1.165) is 43.3 Å². The second-order valence-corrected chi connectivity index (χ2v) is 5.27. The molecule has 5 heteroatoms. The lowest BCUT2D eigenvalue weighted by Gasteiger charge is -2.25. The molecule has 1 aliphatic rings. The summed E-state index contributed by atoms with van der Waals surface area (Å²) in [5.41, 5.74) is 1.63. The molecule has 1 aliphatic heterocycles. The van der Waals surface area contributed by atoms with Crippen molar-refractivity contribution in [3.8, 4) is 0 Å². The molecule has 1 fully saturated rings. The van der Waals surface area contributed by atoms with Gasteiger partial charge in [-0.15, -0.1) is 0 Å². The van der Waals surface area contributed by atoms with E-state index in [0.29, 0.717) is 5.02 Å². The second-order valence-electron chi connectivity index (χ2n) is 4.86. The average Bonchev–Trinajstić information content (AvgIpc) is 2.88. The first-order chi connectivity index (χ1) is 9.58. The van der Waals surface area contributed by atoms with Crippen LogP contribution < -0.4 is 4.90 Å². The molecule has 0 aliphatic carbocycles. The molecular weight excluding hydrogens is 278 g/mol. The molecule has 1 atom stereocenters. The van der Waals surface area contributed by atoms with E-state index in [9.17, 15) is 4.79 Å². The summed E-state index contributed by atoms with van der Waals surface area (Å²) >= 11 is 6.26. The van der Waals surface area contributed by atoms with Crippen LogP contribution in [0.25, 0.3) is 6.08 Å². The van der Waals surface area contributed by atoms with E-state index in [1.165, 1.54) is 0 Å². The molecule has 1 aromatic rings. The van der Waals surface area contributed by atoms with Crippen LogP contribution in [0.5, 0.6) is 0 Å². The van der Waals surface area contributed by atoms with E-state index in [1.807, 2.05) is 24.1 Å². The largest absolute Gasteiger partial charge is 0.478 e. The highest BCUT2D eigenvalue weighted by molar-refractivity contribution is 6.33. The number of rotatable bonds is 5. The summed E-state index contributed by atoms with van der Waals surface area (Å²) in [4.78, 5) is 12.7. The number of aliphatic carboxylic acids is 1. The van der Waals surface area contributed by atoms with Crippen LogP contribution in [0.1, 0.15) is 18.4 Å². The van der Waals surface area contributed by atoms with Crippen LogP contribution in [0.3, 0.4) is 0 Å². The van der Waals surface area contributed by atoms with Crippen LogP contribution >= 0.6 is 11.6 Å². The van der Waals surface area contributed by atoms with Crippen LogP contribution in [0, 0.1) is 0 Å². The van der Waals surface area contributed by atoms with E-state index >= 15 is 0 Å². The minimum Gasteiger partial charge on any atom is -0.478 e. The highest BCUT2D eigenvalue weighted by Gasteiger charge is 2.19. The summed E-state index contributed by atoms with van der Waals surface area (Å²) < 4.78 is 5.63. The molecule has 1 saturated heterocycles. The third kappa shape index (κ3) is 3.74. The van der Waals surface area contributed by atoms with Crippen LogP contribution in [-0.4, -0.2) is 37.4 Å². The molecule has 0 amide bonds. The SMILES string of the molecule is CN(CC1CCCO1)c1c(Cl)cccc1/C=C/C(=O)O. The van der Waals surface area contributed by atoms with Gasteiger partial charge in [-0.05, 0) is 30.5 Å². The molecule has 20 heavy (non-hydrogen) atoms. The number of carboxylic acids is 1. The summed E-state index contributed by atoms with van der Waals surface area (Å²) in [6.07, 6.45) is 5.04. The fourth-order valence-electron chi connectivity index (χ4n) is 2.42. The number of hydrogen-bond donors (Lipinski definition) is 1. The second kappa shape index (κ2) is 6.77. The van der Waals surface area contributed by atoms with E-state index in [-0.39, 0.29) is 6.10 Å². The standard InChI is InChI=1S/C15H18ClNO3/c1-17(10-12-5-3-9-20-12)15-11(7-8-14(18)19)4-2-6-13(15)16/h2,4,6-8,12H,3,5,9-10H2,1H3,(H,18,19)/b8-7+. The Morgan fingerprint density at radius 2 is 2.40 bits per heavy atom. The fourth-order valence-corrected chi connectivity index (χ4v) is 2.74. The zero-order valence-corrected chi connectivity index (χ0v) is 12.1. The minimum absolute atomic E-state index is 0.215. The van der Waals surface area contributed by atoms with Gasteiger partial charge in [0, 0.05) is 26.3 Å². The summed E-state index contributed by atoms with van der Waals surface area (Å²) in [7, 11) is 1.95. The number of likely N-dealkylation sites (N-methyl/N-ethyl adjacent to an activating group) is 1. The smallest absolute Gasteiger partial charge is 0.328 e. The number of nitrogens with zero attached hydrogens (tertiary/aromatic N) is 1. The molecule has 1 heterocycles.